The van der Waals surface area contributed by atoms with Crippen LogP contribution in [0, 0.1) is 5.92 Å². The fraction of sp³-hybridized carbons (Fsp3) is 0.500. The second-order valence-corrected chi connectivity index (χ2v) is 6.46. The molecule has 1 aliphatic heterocycles. The lowest BCUT2D eigenvalue weighted by Crippen LogP contribution is -2.22. The fourth-order valence-corrected chi connectivity index (χ4v) is 3.66. The largest absolute Gasteiger partial charge is 0.330 e. The Hall–Kier alpha value is -0.880. The maximum Gasteiger partial charge on any atom is 0.0576 e. The standard InChI is InChI=1S/C14H20N4S.ClH/c1-17-9-12(7-16-17)14-3-2-13(19-14)10-18-5-4-11(6-15)8-18;/h2-3,7,9,11H,4-6,8,10,15H2,1H3;1H. The van der Waals surface area contributed by atoms with Crippen LogP contribution in [-0.4, -0.2) is 34.3 Å². The fourth-order valence-electron chi connectivity index (χ4n) is 2.64. The van der Waals surface area contributed by atoms with Crippen molar-refractivity contribution in [2.24, 2.45) is 18.7 Å². The number of thiophene rings is 1. The van der Waals surface area contributed by atoms with Crippen LogP contribution in [0.5, 0.6) is 0 Å². The Kier molecular flexibility index (Phi) is 5.21. The first kappa shape index (κ1) is 15.5. The first-order valence-corrected chi connectivity index (χ1v) is 7.56. The van der Waals surface area contributed by atoms with Crippen molar-refractivity contribution in [3.63, 3.8) is 0 Å². The Morgan fingerprint density at radius 2 is 2.30 bits per heavy atom. The summed E-state index contributed by atoms with van der Waals surface area (Å²) in [6, 6.07) is 4.44. The summed E-state index contributed by atoms with van der Waals surface area (Å²) in [6.07, 6.45) is 5.24. The maximum atomic E-state index is 5.74. The average molecular weight is 313 g/mol. The summed E-state index contributed by atoms with van der Waals surface area (Å²) in [5, 5.41) is 4.23. The minimum atomic E-state index is 0. The van der Waals surface area contributed by atoms with Crippen LogP contribution < -0.4 is 5.73 Å². The highest BCUT2D eigenvalue weighted by atomic mass is 35.5. The van der Waals surface area contributed by atoms with E-state index in [4.69, 9.17) is 5.73 Å². The predicted octanol–water partition coefficient (Wildman–Crippen LogP) is 2.35. The van der Waals surface area contributed by atoms with E-state index in [-0.39, 0.29) is 12.4 Å². The number of halogens is 1. The number of nitrogens with two attached hydrogens (primary N) is 1. The summed E-state index contributed by atoms with van der Waals surface area (Å²) in [5.41, 5.74) is 6.95. The molecule has 0 aromatic carbocycles. The first-order chi connectivity index (χ1) is 9.24. The van der Waals surface area contributed by atoms with Crippen molar-refractivity contribution in [2.45, 2.75) is 13.0 Å². The normalized spacial score (nSPS) is 19.2. The Bertz CT molecular complexity index is 551. The van der Waals surface area contributed by atoms with E-state index in [0.29, 0.717) is 5.92 Å². The van der Waals surface area contributed by atoms with Crippen molar-refractivity contribution < 1.29 is 0 Å². The van der Waals surface area contributed by atoms with Gasteiger partial charge in [0.2, 0.25) is 0 Å². The van der Waals surface area contributed by atoms with Gasteiger partial charge in [0, 0.05) is 41.7 Å². The molecule has 1 fully saturated rings. The second-order valence-electron chi connectivity index (χ2n) is 5.29. The average Bonchev–Trinajstić information content (AvgIpc) is 3.10. The number of hydrogen-bond acceptors (Lipinski definition) is 4. The molecule has 6 heteroatoms. The molecule has 20 heavy (non-hydrogen) atoms. The summed E-state index contributed by atoms with van der Waals surface area (Å²) in [5.74, 6) is 0.692. The maximum absolute atomic E-state index is 5.74. The van der Waals surface area contributed by atoms with E-state index < -0.39 is 0 Å². The Labute approximate surface area is 130 Å². The lowest BCUT2D eigenvalue weighted by Gasteiger charge is -2.13. The highest BCUT2D eigenvalue weighted by molar-refractivity contribution is 7.15. The van der Waals surface area contributed by atoms with Crippen molar-refractivity contribution in [2.75, 3.05) is 19.6 Å². The van der Waals surface area contributed by atoms with Gasteiger partial charge < -0.3 is 5.73 Å². The molecular formula is C14H21ClN4S. The minimum Gasteiger partial charge on any atom is -0.330 e. The van der Waals surface area contributed by atoms with Crippen molar-refractivity contribution in [1.29, 1.82) is 0 Å². The topological polar surface area (TPSA) is 47.1 Å². The van der Waals surface area contributed by atoms with E-state index in [1.807, 2.05) is 29.3 Å². The van der Waals surface area contributed by atoms with Crippen LogP contribution in [0.2, 0.25) is 0 Å². The van der Waals surface area contributed by atoms with E-state index >= 15 is 0 Å². The van der Waals surface area contributed by atoms with Crippen molar-refractivity contribution in [3.8, 4) is 10.4 Å². The molecule has 0 bridgehead atoms. The molecule has 0 saturated carbocycles. The van der Waals surface area contributed by atoms with Gasteiger partial charge in [-0.05, 0) is 37.6 Å². The zero-order valence-electron chi connectivity index (χ0n) is 11.7. The van der Waals surface area contributed by atoms with Crippen LogP contribution in [-0.2, 0) is 13.6 Å². The molecule has 2 aromatic rings. The molecule has 1 saturated heterocycles. The summed E-state index contributed by atoms with van der Waals surface area (Å²) >= 11 is 1.87. The van der Waals surface area contributed by atoms with Gasteiger partial charge in [-0.2, -0.15) is 5.10 Å². The number of likely N-dealkylation sites (tertiary alicyclic amines) is 1. The Morgan fingerprint density at radius 1 is 1.45 bits per heavy atom. The van der Waals surface area contributed by atoms with Crippen LogP contribution in [0.4, 0.5) is 0 Å². The van der Waals surface area contributed by atoms with Crippen LogP contribution >= 0.6 is 23.7 Å². The third-order valence-electron chi connectivity index (χ3n) is 3.73. The molecule has 2 aromatic heterocycles. The van der Waals surface area contributed by atoms with Crippen molar-refractivity contribution in [1.82, 2.24) is 14.7 Å². The Balaban J connectivity index is 0.00000147. The van der Waals surface area contributed by atoms with E-state index in [2.05, 4.69) is 28.3 Å². The second kappa shape index (κ2) is 6.72. The number of aromatic nitrogens is 2. The van der Waals surface area contributed by atoms with Crippen molar-refractivity contribution >= 4 is 23.7 Å². The lowest BCUT2D eigenvalue weighted by molar-refractivity contribution is 0.320. The molecule has 3 heterocycles. The number of aryl methyl sites for hydroxylation is 1. The molecule has 110 valence electrons. The molecule has 2 N–H and O–H groups in total. The van der Waals surface area contributed by atoms with Gasteiger partial charge in [0.05, 0.1) is 6.20 Å². The molecular weight excluding hydrogens is 292 g/mol. The van der Waals surface area contributed by atoms with Crippen LogP contribution in [0.1, 0.15) is 11.3 Å². The minimum absolute atomic E-state index is 0. The number of hydrogen-bond donors (Lipinski definition) is 1. The van der Waals surface area contributed by atoms with Gasteiger partial charge in [0.25, 0.3) is 0 Å². The van der Waals surface area contributed by atoms with Gasteiger partial charge in [0.1, 0.15) is 0 Å². The molecule has 1 aliphatic rings. The van der Waals surface area contributed by atoms with Gasteiger partial charge >= 0.3 is 0 Å². The van der Waals surface area contributed by atoms with E-state index in [1.165, 1.54) is 28.3 Å². The van der Waals surface area contributed by atoms with Crippen LogP contribution in [0.25, 0.3) is 10.4 Å². The number of nitrogens with zero attached hydrogens (tertiary/aromatic N) is 3. The molecule has 0 radical (unpaired) electrons. The Morgan fingerprint density at radius 3 is 2.95 bits per heavy atom. The monoisotopic (exact) mass is 312 g/mol. The van der Waals surface area contributed by atoms with Gasteiger partial charge in [-0.25, -0.2) is 0 Å². The van der Waals surface area contributed by atoms with E-state index in [9.17, 15) is 0 Å². The zero-order chi connectivity index (χ0) is 13.2. The van der Waals surface area contributed by atoms with E-state index in [0.717, 1.165) is 19.6 Å². The molecule has 1 unspecified atom stereocenters. The summed E-state index contributed by atoms with van der Waals surface area (Å²) in [6.45, 7) is 4.21. The molecule has 0 amide bonds. The van der Waals surface area contributed by atoms with E-state index in [1.54, 1.807) is 0 Å². The molecule has 4 nitrogen and oxygen atoms in total. The third-order valence-corrected chi connectivity index (χ3v) is 4.85. The first-order valence-electron chi connectivity index (χ1n) is 6.75. The van der Waals surface area contributed by atoms with Gasteiger partial charge in [-0.3, -0.25) is 9.58 Å². The van der Waals surface area contributed by atoms with Crippen LogP contribution in [0.3, 0.4) is 0 Å². The SMILES string of the molecule is Cl.Cn1cc(-c2ccc(CN3CCC(CN)C3)s2)cn1. The lowest BCUT2D eigenvalue weighted by atomic mass is 10.1. The molecule has 0 aliphatic carbocycles. The summed E-state index contributed by atoms with van der Waals surface area (Å²) in [4.78, 5) is 5.24. The zero-order valence-corrected chi connectivity index (χ0v) is 13.3. The molecule has 1 atom stereocenters. The molecule has 0 spiro atoms. The van der Waals surface area contributed by atoms with Crippen molar-refractivity contribution in [3.05, 3.63) is 29.4 Å². The molecule has 3 rings (SSSR count). The predicted molar refractivity (Wildman–Crippen MR) is 86.2 cm³/mol. The van der Waals surface area contributed by atoms with Gasteiger partial charge in [-0.1, -0.05) is 0 Å². The number of rotatable bonds is 4. The summed E-state index contributed by atoms with van der Waals surface area (Å²) in [7, 11) is 1.95. The quantitative estimate of drug-likeness (QED) is 0.942. The smallest absolute Gasteiger partial charge is 0.0576 e. The van der Waals surface area contributed by atoms with Gasteiger partial charge in [0.15, 0.2) is 0 Å². The summed E-state index contributed by atoms with van der Waals surface area (Å²) < 4.78 is 1.85. The van der Waals surface area contributed by atoms with Gasteiger partial charge in [-0.15, -0.1) is 23.7 Å². The van der Waals surface area contributed by atoms with Crippen LogP contribution in [0.15, 0.2) is 24.5 Å². The highest BCUT2D eigenvalue weighted by Crippen LogP contribution is 2.29. The third kappa shape index (κ3) is 3.41. The highest BCUT2D eigenvalue weighted by Gasteiger charge is 2.21.